The van der Waals surface area contributed by atoms with Crippen molar-refractivity contribution >= 4 is 27.6 Å². The van der Waals surface area contributed by atoms with Crippen LogP contribution in [0.5, 0.6) is 0 Å². The largest absolute Gasteiger partial charge is 0.465 e. The van der Waals surface area contributed by atoms with Gasteiger partial charge in [-0.05, 0) is 60.8 Å². The van der Waals surface area contributed by atoms with Crippen LogP contribution in [0.1, 0.15) is 36.7 Å². The second-order valence-corrected chi connectivity index (χ2v) is 5.87. The summed E-state index contributed by atoms with van der Waals surface area (Å²) in [5.74, 6) is -0.283. The molecule has 0 radical (unpaired) electrons. The lowest BCUT2D eigenvalue weighted by Gasteiger charge is -2.30. The number of nitrogens with zero attached hydrogens (tertiary/aromatic N) is 1. The van der Waals surface area contributed by atoms with Crippen molar-refractivity contribution in [2.24, 2.45) is 0 Å². The van der Waals surface area contributed by atoms with E-state index in [1.54, 1.807) is 0 Å². The van der Waals surface area contributed by atoms with Crippen molar-refractivity contribution in [3.8, 4) is 0 Å². The summed E-state index contributed by atoms with van der Waals surface area (Å²) in [5.41, 5.74) is 3.04. The molecule has 0 bridgehead atoms. The number of hydrogen-bond acceptors (Lipinski definition) is 3. The van der Waals surface area contributed by atoms with E-state index in [9.17, 15) is 4.79 Å². The zero-order valence-corrected chi connectivity index (χ0v) is 12.7. The van der Waals surface area contributed by atoms with Crippen LogP contribution in [-0.2, 0) is 11.2 Å². The molecule has 1 heterocycles. The molecule has 0 saturated carbocycles. The lowest BCUT2D eigenvalue weighted by atomic mass is 10.1. The molecule has 4 heteroatoms. The van der Waals surface area contributed by atoms with E-state index in [2.05, 4.69) is 41.6 Å². The number of fused-ring (bicyclic) bond motifs is 1. The summed E-state index contributed by atoms with van der Waals surface area (Å²) < 4.78 is 5.75. The van der Waals surface area contributed by atoms with Crippen molar-refractivity contribution < 1.29 is 9.53 Å². The molecule has 0 spiro atoms. The van der Waals surface area contributed by atoms with Crippen LogP contribution in [0.15, 0.2) is 16.6 Å². The fourth-order valence-corrected chi connectivity index (χ4v) is 3.45. The normalized spacial score (nSPS) is 18.1. The molecule has 0 aliphatic carbocycles. The van der Waals surface area contributed by atoms with Crippen molar-refractivity contribution in [1.29, 1.82) is 0 Å². The molecule has 0 amide bonds. The fraction of sp³-hybridized carbons (Fsp3) is 0.500. The average molecular weight is 312 g/mol. The van der Waals surface area contributed by atoms with Crippen LogP contribution in [0.2, 0.25) is 0 Å². The molecule has 3 nitrogen and oxygen atoms in total. The minimum atomic E-state index is -0.283. The zero-order chi connectivity index (χ0) is 13.4. The van der Waals surface area contributed by atoms with Gasteiger partial charge in [0, 0.05) is 16.6 Å². The summed E-state index contributed by atoms with van der Waals surface area (Å²) in [6.07, 6.45) is 0.969. The highest BCUT2D eigenvalue weighted by molar-refractivity contribution is 9.10. The first-order chi connectivity index (χ1) is 8.45. The van der Waals surface area contributed by atoms with Gasteiger partial charge in [0.2, 0.25) is 0 Å². The molecule has 18 heavy (non-hydrogen) atoms. The molecular formula is C14H18BrNO2. The fourth-order valence-electron chi connectivity index (χ4n) is 2.74. The number of methoxy groups -OCH3 is 1. The molecule has 98 valence electrons. The Bertz CT molecular complexity index is 485. The number of ether oxygens (including phenoxy) is 1. The molecule has 0 saturated heterocycles. The summed E-state index contributed by atoms with van der Waals surface area (Å²) in [6.45, 7) is 6.59. The predicted molar refractivity (Wildman–Crippen MR) is 76.3 cm³/mol. The Hall–Kier alpha value is -1.03. The van der Waals surface area contributed by atoms with Gasteiger partial charge in [-0.2, -0.15) is 0 Å². The van der Waals surface area contributed by atoms with Gasteiger partial charge in [0.15, 0.2) is 0 Å². The Morgan fingerprint density at radius 1 is 1.50 bits per heavy atom. The highest BCUT2D eigenvalue weighted by atomic mass is 79.9. The van der Waals surface area contributed by atoms with Crippen molar-refractivity contribution in [3.05, 3.63) is 27.7 Å². The van der Waals surface area contributed by atoms with E-state index in [0.29, 0.717) is 17.6 Å². The van der Waals surface area contributed by atoms with Crippen molar-refractivity contribution in [1.82, 2.24) is 0 Å². The average Bonchev–Trinajstić information content (AvgIpc) is 2.64. The Labute approximate surface area is 116 Å². The molecule has 1 atom stereocenters. The summed E-state index contributed by atoms with van der Waals surface area (Å²) in [4.78, 5) is 14.0. The first-order valence-corrected chi connectivity index (χ1v) is 6.94. The number of rotatable bonds is 2. The molecule has 1 aliphatic heterocycles. The number of hydrogen-bond donors (Lipinski definition) is 0. The van der Waals surface area contributed by atoms with Gasteiger partial charge < -0.3 is 9.64 Å². The Morgan fingerprint density at radius 3 is 2.72 bits per heavy atom. The summed E-state index contributed by atoms with van der Waals surface area (Å²) >= 11 is 3.58. The summed E-state index contributed by atoms with van der Waals surface area (Å²) in [6, 6.07) is 4.70. The minimum Gasteiger partial charge on any atom is -0.465 e. The smallest absolute Gasteiger partial charge is 0.337 e. The van der Waals surface area contributed by atoms with Crippen LogP contribution in [0.25, 0.3) is 0 Å². The highest BCUT2D eigenvalue weighted by Gasteiger charge is 2.30. The van der Waals surface area contributed by atoms with Gasteiger partial charge in [0.25, 0.3) is 0 Å². The van der Waals surface area contributed by atoms with Crippen LogP contribution in [0, 0.1) is 0 Å². The maximum atomic E-state index is 11.6. The highest BCUT2D eigenvalue weighted by Crippen LogP contribution is 2.40. The van der Waals surface area contributed by atoms with Crippen molar-refractivity contribution in [2.45, 2.75) is 39.3 Å². The first kappa shape index (κ1) is 13.4. The summed E-state index contributed by atoms with van der Waals surface area (Å²) in [5, 5.41) is 0. The van der Waals surface area contributed by atoms with Crippen LogP contribution in [0.3, 0.4) is 0 Å². The quantitative estimate of drug-likeness (QED) is 0.784. The van der Waals surface area contributed by atoms with Crippen LogP contribution >= 0.6 is 15.9 Å². The standard InChI is InChI=1S/C14H18BrNO2/c1-8(2)16-9(3)5-10-6-11(14(17)18-4)7-12(15)13(10)16/h6-9H,5H2,1-4H3. The number of benzene rings is 1. The van der Waals surface area contributed by atoms with E-state index in [1.807, 2.05) is 12.1 Å². The second kappa shape index (κ2) is 4.92. The maximum absolute atomic E-state index is 11.6. The van der Waals surface area contributed by atoms with Crippen LogP contribution < -0.4 is 4.90 Å². The number of carbonyl (C=O) groups is 1. The van der Waals surface area contributed by atoms with Crippen LogP contribution in [-0.4, -0.2) is 25.2 Å². The van der Waals surface area contributed by atoms with Crippen molar-refractivity contribution in [2.75, 3.05) is 12.0 Å². The van der Waals surface area contributed by atoms with Crippen molar-refractivity contribution in [3.63, 3.8) is 0 Å². The molecule has 0 aromatic heterocycles. The third-order valence-corrected chi connectivity index (χ3v) is 3.97. The van der Waals surface area contributed by atoms with Gasteiger partial charge >= 0.3 is 5.97 Å². The Balaban J connectivity index is 2.49. The van der Waals surface area contributed by atoms with Gasteiger partial charge in [0.1, 0.15) is 0 Å². The van der Waals surface area contributed by atoms with Crippen LogP contribution in [0.4, 0.5) is 5.69 Å². The van der Waals surface area contributed by atoms with E-state index < -0.39 is 0 Å². The van der Waals surface area contributed by atoms with E-state index in [-0.39, 0.29) is 5.97 Å². The topological polar surface area (TPSA) is 29.5 Å². The molecule has 1 unspecified atom stereocenters. The molecule has 0 fully saturated rings. The Morgan fingerprint density at radius 2 is 2.17 bits per heavy atom. The molecular weight excluding hydrogens is 294 g/mol. The SMILES string of the molecule is COC(=O)c1cc(Br)c2c(c1)CC(C)N2C(C)C. The number of esters is 1. The predicted octanol–water partition coefficient (Wildman–Crippen LogP) is 3.40. The lowest BCUT2D eigenvalue weighted by molar-refractivity contribution is 0.0600. The molecule has 0 N–H and O–H groups in total. The van der Waals surface area contributed by atoms with Gasteiger partial charge in [-0.3, -0.25) is 0 Å². The van der Waals surface area contributed by atoms with E-state index >= 15 is 0 Å². The van der Waals surface area contributed by atoms with Gasteiger partial charge in [-0.25, -0.2) is 4.79 Å². The first-order valence-electron chi connectivity index (χ1n) is 6.14. The molecule has 1 aromatic carbocycles. The van der Waals surface area contributed by atoms with E-state index in [4.69, 9.17) is 4.74 Å². The third-order valence-electron chi connectivity index (χ3n) is 3.37. The Kier molecular flexibility index (Phi) is 3.66. The van der Waals surface area contributed by atoms with E-state index in [0.717, 1.165) is 10.9 Å². The van der Waals surface area contributed by atoms with E-state index in [1.165, 1.54) is 18.4 Å². The number of halogens is 1. The van der Waals surface area contributed by atoms with Gasteiger partial charge in [0.05, 0.1) is 18.4 Å². The lowest BCUT2D eigenvalue weighted by Crippen LogP contribution is -2.35. The molecule has 2 rings (SSSR count). The molecule has 1 aromatic rings. The minimum absolute atomic E-state index is 0.283. The summed E-state index contributed by atoms with van der Waals surface area (Å²) in [7, 11) is 1.41. The molecule has 1 aliphatic rings. The van der Waals surface area contributed by atoms with Gasteiger partial charge in [-0.1, -0.05) is 0 Å². The number of carbonyl (C=O) groups excluding carboxylic acids is 1. The van der Waals surface area contributed by atoms with Gasteiger partial charge in [-0.15, -0.1) is 0 Å². The maximum Gasteiger partial charge on any atom is 0.337 e. The zero-order valence-electron chi connectivity index (χ0n) is 11.2. The number of anilines is 1. The third kappa shape index (κ3) is 2.14. The second-order valence-electron chi connectivity index (χ2n) is 5.01. The monoisotopic (exact) mass is 311 g/mol.